The fourth-order valence-corrected chi connectivity index (χ4v) is 8.33. The summed E-state index contributed by atoms with van der Waals surface area (Å²) in [5, 5.41) is 4.15. The third-order valence-electron chi connectivity index (χ3n) is 8.57. The molecule has 1 atom stereocenters. The molecular formula is C33H32N8O4S. The lowest BCUT2D eigenvalue weighted by atomic mass is 10.1. The number of anilines is 1. The molecule has 0 bridgehead atoms. The molecule has 0 radical (unpaired) electrons. The van der Waals surface area contributed by atoms with Crippen molar-refractivity contribution in [3.63, 3.8) is 0 Å². The van der Waals surface area contributed by atoms with Crippen molar-refractivity contribution in [3.8, 4) is 5.69 Å². The molecule has 1 aliphatic heterocycles. The van der Waals surface area contributed by atoms with E-state index in [4.69, 9.17) is 5.73 Å². The number of carbonyl (C=O) groups is 2. The number of aryl methyl sites for hydroxylation is 1. The van der Waals surface area contributed by atoms with E-state index in [1.165, 1.54) is 29.9 Å². The molecule has 46 heavy (non-hydrogen) atoms. The highest BCUT2D eigenvalue weighted by Crippen LogP contribution is 2.37. The second kappa shape index (κ2) is 11.3. The number of aromatic amines is 2. The molecule has 0 saturated carbocycles. The molecule has 3 aromatic heterocycles. The largest absolute Gasteiger partial charge is 0.383 e. The zero-order valence-electron chi connectivity index (χ0n) is 25.3. The van der Waals surface area contributed by atoms with Gasteiger partial charge in [0, 0.05) is 50.4 Å². The van der Waals surface area contributed by atoms with Gasteiger partial charge in [0.2, 0.25) is 5.91 Å². The number of imidazole rings is 1. The first-order chi connectivity index (χ1) is 22.1. The van der Waals surface area contributed by atoms with Crippen LogP contribution < -0.4 is 5.73 Å². The number of nitrogen functional groups attached to an aromatic ring is 1. The van der Waals surface area contributed by atoms with E-state index < -0.39 is 21.0 Å². The van der Waals surface area contributed by atoms with Crippen LogP contribution in [0.15, 0.2) is 84.0 Å². The molecule has 1 aliphatic rings. The Morgan fingerprint density at radius 3 is 2.48 bits per heavy atom. The molecule has 0 aliphatic carbocycles. The first-order valence-electron chi connectivity index (χ1n) is 14.9. The van der Waals surface area contributed by atoms with Crippen molar-refractivity contribution in [1.29, 1.82) is 0 Å². The summed E-state index contributed by atoms with van der Waals surface area (Å²) in [4.78, 5) is 40.4. The van der Waals surface area contributed by atoms with Gasteiger partial charge in [-0.3, -0.25) is 14.5 Å². The lowest BCUT2D eigenvalue weighted by molar-refractivity contribution is -0.130. The van der Waals surface area contributed by atoms with Crippen molar-refractivity contribution < 1.29 is 18.0 Å². The van der Waals surface area contributed by atoms with E-state index in [9.17, 15) is 18.0 Å². The van der Waals surface area contributed by atoms with Crippen molar-refractivity contribution >= 4 is 49.3 Å². The molecule has 7 rings (SSSR count). The van der Waals surface area contributed by atoms with E-state index in [-0.39, 0.29) is 27.7 Å². The minimum Gasteiger partial charge on any atom is -0.383 e. The van der Waals surface area contributed by atoms with Crippen LogP contribution in [0.5, 0.6) is 0 Å². The zero-order chi connectivity index (χ0) is 32.2. The van der Waals surface area contributed by atoms with Crippen LogP contribution in [0.4, 0.5) is 5.82 Å². The Morgan fingerprint density at radius 2 is 1.70 bits per heavy atom. The van der Waals surface area contributed by atoms with Gasteiger partial charge in [0.15, 0.2) is 15.6 Å². The summed E-state index contributed by atoms with van der Waals surface area (Å²) in [6.07, 6.45) is 3.16. The van der Waals surface area contributed by atoms with Gasteiger partial charge >= 0.3 is 0 Å². The monoisotopic (exact) mass is 636 g/mol. The normalized spacial score (nSPS) is 15.0. The summed E-state index contributed by atoms with van der Waals surface area (Å²) >= 11 is 0. The van der Waals surface area contributed by atoms with Crippen LogP contribution >= 0.6 is 0 Å². The van der Waals surface area contributed by atoms with E-state index in [2.05, 4.69) is 20.1 Å². The Bertz CT molecular complexity index is 2240. The molecular weight excluding hydrogens is 604 g/mol. The van der Waals surface area contributed by atoms with Crippen molar-refractivity contribution in [2.24, 2.45) is 0 Å². The number of rotatable bonds is 7. The number of sulfone groups is 1. The van der Waals surface area contributed by atoms with Crippen LogP contribution in [0, 0.1) is 6.92 Å². The average Bonchev–Trinajstić information content (AvgIpc) is 3.77. The number of fused-ring (bicyclic) bond motifs is 2. The SMILES string of the molecule is CC(=O)N1CCN(C(c2ccc3[nH]ccc3c2)S(=O)(=O)c2ccccc2C(=O)c2cnn(-c3ccc4[nH]c(C)nc4c3)c2N)CC1. The van der Waals surface area contributed by atoms with Gasteiger partial charge in [0.05, 0.1) is 33.4 Å². The lowest BCUT2D eigenvalue weighted by Gasteiger charge is -2.39. The number of aromatic nitrogens is 5. The summed E-state index contributed by atoms with van der Waals surface area (Å²) in [5.74, 6) is 0.238. The number of nitrogens with one attached hydrogen (secondary N) is 2. The van der Waals surface area contributed by atoms with Gasteiger partial charge in [-0.05, 0) is 66.4 Å². The molecule has 4 heterocycles. The molecule has 12 nitrogen and oxygen atoms in total. The van der Waals surface area contributed by atoms with Crippen LogP contribution in [0.3, 0.4) is 0 Å². The summed E-state index contributed by atoms with van der Waals surface area (Å²) in [6, 6.07) is 19.1. The topological polar surface area (TPSA) is 163 Å². The van der Waals surface area contributed by atoms with E-state index >= 15 is 0 Å². The maximum absolute atomic E-state index is 14.8. The number of H-pyrrole nitrogens is 2. The quantitative estimate of drug-likeness (QED) is 0.222. The third-order valence-corrected chi connectivity index (χ3v) is 10.7. The Labute approximate surface area is 264 Å². The predicted octanol–water partition coefficient (Wildman–Crippen LogP) is 3.99. The lowest BCUT2D eigenvalue weighted by Crippen LogP contribution is -2.50. The van der Waals surface area contributed by atoms with Crippen molar-refractivity contribution in [2.75, 3.05) is 31.9 Å². The first kappa shape index (κ1) is 29.4. The minimum absolute atomic E-state index is 0.00206. The minimum atomic E-state index is -4.20. The number of carbonyl (C=O) groups excluding carboxylic acids is 2. The van der Waals surface area contributed by atoms with Crippen molar-refractivity contribution in [3.05, 3.63) is 102 Å². The Morgan fingerprint density at radius 1 is 0.935 bits per heavy atom. The summed E-state index contributed by atoms with van der Waals surface area (Å²) < 4.78 is 31.0. The molecule has 234 valence electrons. The van der Waals surface area contributed by atoms with E-state index in [1.807, 2.05) is 48.2 Å². The van der Waals surface area contributed by atoms with Crippen LogP contribution in [0.1, 0.15) is 39.6 Å². The number of hydrogen-bond acceptors (Lipinski definition) is 8. The smallest absolute Gasteiger partial charge is 0.219 e. The van der Waals surface area contributed by atoms with Gasteiger partial charge in [0.1, 0.15) is 17.0 Å². The summed E-state index contributed by atoms with van der Waals surface area (Å²) in [5.41, 5.74) is 10.2. The molecule has 1 unspecified atom stereocenters. The number of nitrogens with two attached hydrogens (primary N) is 1. The summed E-state index contributed by atoms with van der Waals surface area (Å²) in [6.45, 7) is 4.87. The molecule has 0 spiro atoms. The molecule has 3 aromatic carbocycles. The van der Waals surface area contributed by atoms with E-state index in [0.29, 0.717) is 37.4 Å². The molecule has 1 fully saturated rings. The van der Waals surface area contributed by atoms with Gasteiger partial charge in [-0.15, -0.1) is 0 Å². The Balaban J connectivity index is 1.28. The molecule has 6 aromatic rings. The fraction of sp³-hybridized carbons (Fsp3) is 0.212. The molecule has 13 heteroatoms. The highest BCUT2D eigenvalue weighted by Gasteiger charge is 2.39. The van der Waals surface area contributed by atoms with E-state index in [1.54, 1.807) is 29.3 Å². The van der Waals surface area contributed by atoms with Gasteiger partial charge in [-0.25, -0.2) is 18.1 Å². The molecule has 1 amide bonds. The predicted molar refractivity (Wildman–Crippen MR) is 174 cm³/mol. The average molecular weight is 637 g/mol. The number of nitrogens with zero attached hydrogens (tertiary/aromatic N) is 5. The van der Waals surface area contributed by atoms with Crippen LogP contribution in [0.2, 0.25) is 0 Å². The molecule has 1 saturated heterocycles. The third kappa shape index (κ3) is 5.03. The van der Waals surface area contributed by atoms with Crippen LogP contribution in [0.25, 0.3) is 27.6 Å². The maximum Gasteiger partial charge on any atom is 0.219 e. The van der Waals surface area contributed by atoms with Gasteiger partial charge in [-0.2, -0.15) is 5.10 Å². The highest BCUT2D eigenvalue weighted by molar-refractivity contribution is 7.91. The number of benzene rings is 3. The van der Waals surface area contributed by atoms with Gasteiger partial charge in [-0.1, -0.05) is 18.2 Å². The Kier molecular flexibility index (Phi) is 7.21. The first-order valence-corrected chi connectivity index (χ1v) is 16.4. The van der Waals surface area contributed by atoms with Crippen molar-refractivity contribution in [1.82, 2.24) is 34.5 Å². The van der Waals surface area contributed by atoms with Gasteiger partial charge in [0.25, 0.3) is 0 Å². The maximum atomic E-state index is 14.8. The second-order valence-electron chi connectivity index (χ2n) is 11.5. The number of hydrogen-bond donors (Lipinski definition) is 3. The molecule has 4 N–H and O–H groups in total. The fourth-order valence-electron chi connectivity index (χ4n) is 6.24. The number of amides is 1. The zero-order valence-corrected chi connectivity index (χ0v) is 26.1. The Hall–Kier alpha value is -5.27. The van der Waals surface area contributed by atoms with Gasteiger partial charge < -0.3 is 20.6 Å². The second-order valence-corrected chi connectivity index (χ2v) is 13.4. The number of ketones is 1. The standard InChI is InChI=1S/C33H32N8O4S/c1-20-37-28-10-8-24(18-29(28)38-20)41-32(34)26(19-36-41)31(43)25-5-3-4-6-30(25)46(44,45)33(40-15-13-39(14-16-40)21(2)42)23-7-9-27-22(17-23)11-12-35-27/h3-12,17-19,33,35H,13-16,34H2,1-2H3,(H,37,38). The number of piperazine rings is 1. The van der Waals surface area contributed by atoms with Crippen molar-refractivity contribution in [2.45, 2.75) is 24.1 Å². The van der Waals surface area contributed by atoms with Crippen LogP contribution in [-0.2, 0) is 14.6 Å². The highest BCUT2D eigenvalue weighted by atomic mass is 32.2. The summed E-state index contributed by atoms with van der Waals surface area (Å²) in [7, 11) is -4.20. The van der Waals surface area contributed by atoms with Crippen LogP contribution in [-0.4, -0.2) is 80.8 Å². The van der Waals surface area contributed by atoms with E-state index in [0.717, 1.165) is 27.8 Å².